The summed E-state index contributed by atoms with van der Waals surface area (Å²) in [5.41, 5.74) is 8.82. The van der Waals surface area contributed by atoms with Crippen molar-refractivity contribution in [1.82, 2.24) is 0 Å². The first-order valence-electron chi connectivity index (χ1n) is 5.39. The van der Waals surface area contributed by atoms with Gasteiger partial charge in [-0.1, -0.05) is 25.1 Å². The highest BCUT2D eigenvalue weighted by atomic mass is 15.2. The van der Waals surface area contributed by atoms with Crippen molar-refractivity contribution in [3.8, 4) is 0 Å². The van der Waals surface area contributed by atoms with Gasteiger partial charge in [-0.25, -0.2) is 0 Å². The lowest BCUT2D eigenvalue weighted by Gasteiger charge is -2.22. The standard InChI is InChI=1S/C12H18N2/c1-2-11(13)9-14-8-7-10-5-3-4-6-12(10)14/h3-6,11H,2,7-9,13H2,1H3/t11-/m0/s1. The number of hydrogen-bond acceptors (Lipinski definition) is 2. The second-order valence-electron chi connectivity index (χ2n) is 3.99. The number of nitrogens with two attached hydrogens (primary N) is 1. The molecule has 2 rings (SSSR count). The van der Waals surface area contributed by atoms with Crippen LogP contribution in [0.25, 0.3) is 0 Å². The van der Waals surface area contributed by atoms with Crippen molar-refractivity contribution in [3.63, 3.8) is 0 Å². The van der Waals surface area contributed by atoms with Crippen molar-refractivity contribution < 1.29 is 0 Å². The van der Waals surface area contributed by atoms with Crippen LogP contribution in [0.3, 0.4) is 0 Å². The lowest BCUT2D eigenvalue weighted by molar-refractivity contribution is 0.625. The number of para-hydroxylation sites is 1. The smallest absolute Gasteiger partial charge is 0.0400 e. The molecule has 1 aromatic rings. The third-order valence-corrected chi connectivity index (χ3v) is 2.96. The molecule has 1 atom stereocenters. The molecule has 0 saturated carbocycles. The summed E-state index contributed by atoms with van der Waals surface area (Å²) in [7, 11) is 0. The first kappa shape index (κ1) is 9.53. The Morgan fingerprint density at radius 1 is 1.43 bits per heavy atom. The fraction of sp³-hybridized carbons (Fsp3) is 0.500. The molecular weight excluding hydrogens is 172 g/mol. The van der Waals surface area contributed by atoms with Gasteiger partial charge in [0.2, 0.25) is 0 Å². The zero-order valence-corrected chi connectivity index (χ0v) is 8.74. The van der Waals surface area contributed by atoms with Crippen molar-refractivity contribution in [2.75, 3.05) is 18.0 Å². The summed E-state index contributed by atoms with van der Waals surface area (Å²) < 4.78 is 0. The van der Waals surface area contributed by atoms with Crippen molar-refractivity contribution in [2.45, 2.75) is 25.8 Å². The molecule has 0 bridgehead atoms. The number of fused-ring (bicyclic) bond motifs is 1. The minimum absolute atomic E-state index is 0.307. The maximum Gasteiger partial charge on any atom is 0.0400 e. The minimum atomic E-state index is 0.307. The number of rotatable bonds is 3. The van der Waals surface area contributed by atoms with Gasteiger partial charge in [0, 0.05) is 24.8 Å². The second-order valence-corrected chi connectivity index (χ2v) is 3.99. The van der Waals surface area contributed by atoms with Crippen LogP contribution in [0.4, 0.5) is 5.69 Å². The van der Waals surface area contributed by atoms with Crippen molar-refractivity contribution in [3.05, 3.63) is 29.8 Å². The monoisotopic (exact) mass is 190 g/mol. The average molecular weight is 190 g/mol. The van der Waals surface area contributed by atoms with Gasteiger partial charge >= 0.3 is 0 Å². The molecule has 1 heterocycles. The Hall–Kier alpha value is -1.02. The van der Waals surface area contributed by atoms with Gasteiger partial charge in [0.05, 0.1) is 0 Å². The van der Waals surface area contributed by atoms with Gasteiger partial charge in [0.25, 0.3) is 0 Å². The molecular formula is C12H18N2. The first-order chi connectivity index (χ1) is 6.81. The second kappa shape index (κ2) is 4.01. The molecule has 0 aliphatic carbocycles. The SMILES string of the molecule is CC[C@H](N)CN1CCc2ccccc21. The molecule has 0 unspecified atom stereocenters. The number of hydrogen-bond donors (Lipinski definition) is 1. The predicted molar refractivity (Wildman–Crippen MR) is 60.6 cm³/mol. The molecule has 0 saturated heterocycles. The van der Waals surface area contributed by atoms with Gasteiger partial charge < -0.3 is 10.6 Å². The van der Waals surface area contributed by atoms with E-state index in [-0.39, 0.29) is 0 Å². The van der Waals surface area contributed by atoms with Gasteiger partial charge in [-0.15, -0.1) is 0 Å². The molecule has 0 fully saturated rings. The predicted octanol–water partition coefficient (Wildman–Crippen LogP) is 1.79. The van der Waals surface area contributed by atoms with Gasteiger partial charge in [0.1, 0.15) is 0 Å². The largest absolute Gasteiger partial charge is 0.369 e. The molecule has 0 amide bonds. The normalized spacial score (nSPS) is 16.9. The Bertz CT molecular complexity index is 309. The van der Waals surface area contributed by atoms with E-state index >= 15 is 0 Å². The Morgan fingerprint density at radius 3 is 3.00 bits per heavy atom. The molecule has 2 heteroatoms. The molecule has 1 aliphatic rings. The number of nitrogens with zero attached hydrogens (tertiary/aromatic N) is 1. The summed E-state index contributed by atoms with van der Waals surface area (Å²) >= 11 is 0. The van der Waals surface area contributed by atoms with E-state index in [0.29, 0.717) is 6.04 Å². The van der Waals surface area contributed by atoms with Crippen LogP contribution in [0.5, 0.6) is 0 Å². The molecule has 2 N–H and O–H groups in total. The molecule has 76 valence electrons. The molecule has 0 aromatic heterocycles. The fourth-order valence-electron chi connectivity index (χ4n) is 2.01. The molecule has 2 nitrogen and oxygen atoms in total. The van der Waals surface area contributed by atoms with Crippen LogP contribution in [0.1, 0.15) is 18.9 Å². The van der Waals surface area contributed by atoms with Crippen LogP contribution in [0.15, 0.2) is 24.3 Å². The fourth-order valence-corrected chi connectivity index (χ4v) is 2.01. The van der Waals surface area contributed by atoms with Crippen LogP contribution in [-0.2, 0) is 6.42 Å². The van der Waals surface area contributed by atoms with E-state index in [4.69, 9.17) is 5.73 Å². The lowest BCUT2D eigenvalue weighted by Crippen LogP contribution is -2.36. The van der Waals surface area contributed by atoms with E-state index in [9.17, 15) is 0 Å². The first-order valence-corrected chi connectivity index (χ1v) is 5.39. The maximum absolute atomic E-state index is 5.97. The highest BCUT2D eigenvalue weighted by Gasteiger charge is 2.19. The Morgan fingerprint density at radius 2 is 2.21 bits per heavy atom. The zero-order valence-electron chi connectivity index (χ0n) is 8.74. The van der Waals surface area contributed by atoms with Crippen molar-refractivity contribution >= 4 is 5.69 Å². The molecule has 0 spiro atoms. The van der Waals surface area contributed by atoms with E-state index in [0.717, 1.165) is 19.5 Å². The molecule has 1 aromatic carbocycles. The number of anilines is 1. The van der Waals surface area contributed by atoms with Gasteiger partial charge in [-0.05, 0) is 24.5 Å². The van der Waals surface area contributed by atoms with Crippen LogP contribution < -0.4 is 10.6 Å². The third-order valence-electron chi connectivity index (χ3n) is 2.96. The van der Waals surface area contributed by atoms with Crippen LogP contribution >= 0.6 is 0 Å². The van der Waals surface area contributed by atoms with Gasteiger partial charge in [0.15, 0.2) is 0 Å². The summed E-state index contributed by atoms with van der Waals surface area (Å²) in [6, 6.07) is 8.94. The molecule has 14 heavy (non-hydrogen) atoms. The third kappa shape index (κ3) is 1.75. The van der Waals surface area contributed by atoms with Crippen LogP contribution in [0.2, 0.25) is 0 Å². The van der Waals surface area contributed by atoms with Crippen LogP contribution in [0, 0.1) is 0 Å². The summed E-state index contributed by atoms with van der Waals surface area (Å²) in [6.07, 6.45) is 2.23. The van der Waals surface area contributed by atoms with E-state index in [1.807, 2.05) is 0 Å². The van der Waals surface area contributed by atoms with Gasteiger partial charge in [-0.3, -0.25) is 0 Å². The Balaban J connectivity index is 2.10. The van der Waals surface area contributed by atoms with Gasteiger partial charge in [-0.2, -0.15) is 0 Å². The highest BCUT2D eigenvalue weighted by molar-refractivity contribution is 5.57. The lowest BCUT2D eigenvalue weighted by atomic mass is 10.2. The van der Waals surface area contributed by atoms with E-state index < -0.39 is 0 Å². The van der Waals surface area contributed by atoms with Crippen LogP contribution in [-0.4, -0.2) is 19.1 Å². The highest BCUT2D eigenvalue weighted by Crippen LogP contribution is 2.27. The van der Waals surface area contributed by atoms with E-state index in [1.54, 1.807) is 0 Å². The maximum atomic E-state index is 5.97. The molecule has 0 radical (unpaired) electrons. The summed E-state index contributed by atoms with van der Waals surface area (Å²) in [4.78, 5) is 2.41. The number of benzene rings is 1. The average Bonchev–Trinajstić information content (AvgIpc) is 2.62. The van der Waals surface area contributed by atoms with Crippen molar-refractivity contribution in [1.29, 1.82) is 0 Å². The quantitative estimate of drug-likeness (QED) is 0.787. The topological polar surface area (TPSA) is 29.3 Å². The van der Waals surface area contributed by atoms with Crippen molar-refractivity contribution in [2.24, 2.45) is 5.73 Å². The summed E-state index contributed by atoms with van der Waals surface area (Å²) in [5, 5.41) is 0. The van der Waals surface area contributed by atoms with E-state index in [2.05, 4.69) is 36.1 Å². The zero-order chi connectivity index (χ0) is 9.97. The Labute approximate surface area is 85.7 Å². The molecule has 1 aliphatic heterocycles. The van der Waals surface area contributed by atoms with E-state index in [1.165, 1.54) is 17.7 Å². The minimum Gasteiger partial charge on any atom is -0.369 e. The summed E-state index contributed by atoms with van der Waals surface area (Å²) in [5.74, 6) is 0. The summed E-state index contributed by atoms with van der Waals surface area (Å²) in [6.45, 7) is 4.27. The Kier molecular flexibility index (Phi) is 2.73.